The molecular weight excluding hydrogens is 300 g/mol. The molecule has 2 aromatic rings. The lowest BCUT2D eigenvalue weighted by Crippen LogP contribution is -2.08. The fourth-order valence-electron chi connectivity index (χ4n) is 2.89. The van der Waals surface area contributed by atoms with Crippen LogP contribution in [-0.4, -0.2) is 19.9 Å². The molecule has 0 saturated carbocycles. The van der Waals surface area contributed by atoms with Gasteiger partial charge in [-0.15, -0.1) is 0 Å². The van der Waals surface area contributed by atoms with E-state index in [1.165, 1.54) is 38.5 Å². The third kappa shape index (κ3) is 5.01. The van der Waals surface area contributed by atoms with Crippen LogP contribution in [-0.2, 0) is 12.8 Å². The number of unbranched alkanes of at least 4 members (excludes halogenated alkanes) is 6. The van der Waals surface area contributed by atoms with E-state index < -0.39 is 0 Å². The van der Waals surface area contributed by atoms with E-state index >= 15 is 0 Å². The number of nitrogens with zero attached hydrogens (tertiary/aromatic N) is 4. The van der Waals surface area contributed by atoms with Gasteiger partial charge in [-0.3, -0.25) is 0 Å². The molecule has 0 amide bonds. The van der Waals surface area contributed by atoms with Crippen molar-refractivity contribution in [3.63, 3.8) is 0 Å². The molecule has 2 rings (SSSR count). The van der Waals surface area contributed by atoms with E-state index in [2.05, 4.69) is 23.8 Å². The maximum Gasteiger partial charge on any atom is 0.224 e. The topological polar surface area (TPSA) is 104 Å². The molecule has 24 heavy (non-hydrogen) atoms. The Hall–Kier alpha value is -1.98. The first kappa shape index (κ1) is 18.4. The third-order valence-electron chi connectivity index (χ3n) is 4.26. The van der Waals surface area contributed by atoms with Gasteiger partial charge < -0.3 is 11.5 Å². The van der Waals surface area contributed by atoms with Crippen LogP contribution in [0.3, 0.4) is 0 Å². The lowest BCUT2D eigenvalue weighted by molar-refractivity contribution is 0.638. The van der Waals surface area contributed by atoms with Crippen LogP contribution in [0.5, 0.6) is 0 Å². The summed E-state index contributed by atoms with van der Waals surface area (Å²) in [6, 6.07) is 0. The van der Waals surface area contributed by atoms with Crippen molar-refractivity contribution in [2.24, 2.45) is 0 Å². The van der Waals surface area contributed by atoms with Crippen LogP contribution in [0, 0.1) is 0 Å². The summed E-state index contributed by atoms with van der Waals surface area (Å²) >= 11 is 0. The van der Waals surface area contributed by atoms with Crippen molar-refractivity contribution < 1.29 is 0 Å². The second-order valence-electron chi connectivity index (χ2n) is 6.38. The first-order valence-electron chi connectivity index (χ1n) is 9.24. The van der Waals surface area contributed by atoms with Gasteiger partial charge >= 0.3 is 0 Å². The Bertz CT molecular complexity index is 655. The highest BCUT2D eigenvalue weighted by molar-refractivity contribution is 5.82. The largest absolute Gasteiger partial charge is 0.382 e. The Morgan fingerprint density at radius 2 is 1.25 bits per heavy atom. The molecule has 0 aromatic carbocycles. The Morgan fingerprint density at radius 3 is 1.83 bits per heavy atom. The monoisotopic (exact) mass is 330 g/mol. The second-order valence-corrected chi connectivity index (χ2v) is 6.38. The molecule has 0 unspecified atom stereocenters. The number of aromatic nitrogens is 4. The predicted octanol–water partition coefficient (Wildman–Crippen LogP) is 3.83. The molecule has 0 aliphatic heterocycles. The molecule has 2 aromatic heterocycles. The summed E-state index contributed by atoms with van der Waals surface area (Å²) < 4.78 is 0. The average Bonchev–Trinajstić information content (AvgIpc) is 2.56. The number of fused-ring (bicyclic) bond motifs is 1. The fourth-order valence-corrected chi connectivity index (χ4v) is 2.89. The molecule has 0 spiro atoms. The van der Waals surface area contributed by atoms with E-state index in [0.29, 0.717) is 17.0 Å². The molecule has 0 aliphatic rings. The fraction of sp³-hybridized carbons (Fsp3) is 0.667. The molecule has 0 saturated heterocycles. The van der Waals surface area contributed by atoms with Gasteiger partial charge in [0.15, 0.2) is 17.0 Å². The van der Waals surface area contributed by atoms with Crippen molar-refractivity contribution in [3.8, 4) is 0 Å². The zero-order chi connectivity index (χ0) is 17.4. The van der Waals surface area contributed by atoms with E-state index in [0.717, 1.165) is 37.1 Å². The molecule has 0 bridgehead atoms. The van der Waals surface area contributed by atoms with Crippen LogP contribution in [0.1, 0.15) is 76.6 Å². The minimum atomic E-state index is 0.155. The summed E-state index contributed by atoms with van der Waals surface area (Å²) in [4.78, 5) is 17.7. The lowest BCUT2D eigenvalue weighted by Gasteiger charge is -2.10. The van der Waals surface area contributed by atoms with E-state index in [4.69, 9.17) is 21.4 Å². The van der Waals surface area contributed by atoms with Crippen LogP contribution in [0.15, 0.2) is 0 Å². The van der Waals surface area contributed by atoms with E-state index in [-0.39, 0.29) is 5.95 Å². The zero-order valence-corrected chi connectivity index (χ0v) is 15.0. The molecule has 0 atom stereocenters. The number of hydrogen-bond acceptors (Lipinski definition) is 6. The van der Waals surface area contributed by atoms with Crippen LogP contribution in [0.4, 0.5) is 11.8 Å². The summed E-state index contributed by atoms with van der Waals surface area (Å²) in [7, 11) is 0. The SMILES string of the molecule is CCCCCCc1nc2nc(N)nc(N)c2nc1CCCCCC. The summed E-state index contributed by atoms with van der Waals surface area (Å²) in [5.41, 5.74) is 14.8. The number of nitrogen functional groups attached to an aromatic ring is 2. The maximum atomic E-state index is 5.96. The quantitative estimate of drug-likeness (QED) is 0.642. The van der Waals surface area contributed by atoms with Gasteiger partial charge in [-0.2, -0.15) is 9.97 Å². The molecule has 0 aliphatic carbocycles. The third-order valence-corrected chi connectivity index (χ3v) is 4.26. The molecule has 0 radical (unpaired) electrons. The Balaban J connectivity index is 2.23. The Morgan fingerprint density at radius 1 is 0.667 bits per heavy atom. The molecule has 6 heteroatoms. The smallest absolute Gasteiger partial charge is 0.224 e. The first-order chi connectivity index (χ1) is 11.7. The second kappa shape index (κ2) is 9.35. The van der Waals surface area contributed by atoms with E-state index in [9.17, 15) is 0 Å². The Labute approximate surface area is 144 Å². The highest BCUT2D eigenvalue weighted by Gasteiger charge is 2.13. The maximum absolute atomic E-state index is 5.96. The number of hydrogen-bond donors (Lipinski definition) is 2. The van der Waals surface area contributed by atoms with Gasteiger partial charge in [0.1, 0.15) is 0 Å². The van der Waals surface area contributed by atoms with Crippen molar-refractivity contribution in [2.75, 3.05) is 11.5 Å². The van der Waals surface area contributed by atoms with Gasteiger partial charge in [-0.25, -0.2) is 9.97 Å². The van der Waals surface area contributed by atoms with Gasteiger partial charge in [0.05, 0.1) is 11.4 Å². The van der Waals surface area contributed by atoms with Crippen molar-refractivity contribution in [3.05, 3.63) is 11.4 Å². The normalized spacial score (nSPS) is 11.2. The number of anilines is 2. The molecule has 2 heterocycles. The number of aryl methyl sites for hydroxylation is 2. The van der Waals surface area contributed by atoms with Crippen molar-refractivity contribution in [1.29, 1.82) is 0 Å². The summed E-state index contributed by atoms with van der Waals surface area (Å²) in [5.74, 6) is 0.472. The van der Waals surface area contributed by atoms with Crippen LogP contribution >= 0.6 is 0 Å². The van der Waals surface area contributed by atoms with E-state index in [1.807, 2.05) is 0 Å². The zero-order valence-electron chi connectivity index (χ0n) is 15.0. The van der Waals surface area contributed by atoms with Crippen molar-refractivity contribution in [1.82, 2.24) is 19.9 Å². The molecule has 6 nitrogen and oxygen atoms in total. The summed E-state index contributed by atoms with van der Waals surface area (Å²) in [5, 5.41) is 0. The molecule has 4 N–H and O–H groups in total. The number of nitrogens with two attached hydrogens (primary N) is 2. The molecule has 132 valence electrons. The highest BCUT2D eigenvalue weighted by Crippen LogP contribution is 2.20. The van der Waals surface area contributed by atoms with E-state index in [1.54, 1.807) is 0 Å². The van der Waals surface area contributed by atoms with Crippen LogP contribution in [0.2, 0.25) is 0 Å². The molecular formula is C18H30N6. The van der Waals surface area contributed by atoms with Crippen molar-refractivity contribution >= 4 is 22.9 Å². The highest BCUT2D eigenvalue weighted by atomic mass is 15.1. The predicted molar refractivity (Wildman–Crippen MR) is 99.6 cm³/mol. The van der Waals surface area contributed by atoms with Gasteiger partial charge in [0.2, 0.25) is 5.95 Å². The summed E-state index contributed by atoms with van der Waals surface area (Å²) in [6.07, 6.45) is 11.6. The number of rotatable bonds is 10. The standard InChI is InChI=1S/C18H30N6/c1-3-5-7-9-11-13-14(12-10-8-6-4-2)22-17-15(21-13)16(19)23-18(20)24-17/h3-12H2,1-2H3,(H4,19,20,22,23,24). The van der Waals surface area contributed by atoms with Crippen molar-refractivity contribution in [2.45, 2.75) is 78.1 Å². The average molecular weight is 330 g/mol. The van der Waals surface area contributed by atoms with Crippen LogP contribution in [0.25, 0.3) is 11.2 Å². The van der Waals surface area contributed by atoms with Gasteiger partial charge in [-0.1, -0.05) is 52.4 Å². The Kier molecular flexibility index (Phi) is 7.15. The molecule has 0 fully saturated rings. The first-order valence-corrected chi connectivity index (χ1v) is 9.24. The minimum absolute atomic E-state index is 0.155. The minimum Gasteiger partial charge on any atom is -0.382 e. The summed E-state index contributed by atoms with van der Waals surface area (Å²) in [6.45, 7) is 4.44. The van der Waals surface area contributed by atoms with Gasteiger partial charge in [0.25, 0.3) is 0 Å². The van der Waals surface area contributed by atoms with Gasteiger partial charge in [-0.05, 0) is 25.7 Å². The van der Waals surface area contributed by atoms with Crippen LogP contribution < -0.4 is 11.5 Å². The van der Waals surface area contributed by atoms with Gasteiger partial charge in [0, 0.05) is 0 Å². The lowest BCUT2D eigenvalue weighted by atomic mass is 10.0.